The Morgan fingerprint density at radius 3 is 2.67 bits per heavy atom. The highest BCUT2D eigenvalue weighted by atomic mass is 32.1. The predicted octanol–water partition coefficient (Wildman–Crippen LogP) is 4.18. The number of para-hydroxylation sites is 1. The molecule has 152 valence electrons. The fraction of sp³-hybridized carbons (Fsp3) is 0.136. The Labute approximate surface area is 177 Å². The maximum Gasteiger partial charge on any atom is 0.281 e. The first-order valence-electron chi connectivity index (χ1n) is 9.20. The highest BCUT2D eigenvalue weighted by Crippen LogP contribution is 2.30. The molecular formula is C22H20N4O3S. The van der Waals surface area contributed by atoms with Gasteiger partial charge in [-0.2, -0.15) is 10.2 Å². The van der Waals surface area contributed by atoms with Crippen molar-refractivity contribution in [2.75, 3.05) is 14.2 Å². The molecule has 2 aromatic heterocycles. The maximum absolute atomic E-state index is 12.6. The second-order valence-electron chi connectivity index (χ2n) is 6.47. The zero-order valence-electron chi connectivity index (χ0n) is 16.7. The number of nitrogens with zero attached hydrogens (tertiary/aromatic N) is 3. The van der Waals surface area contributed by atoms with Crippen LogP contribution in [0.3, 0.4) is 0 Å². The highest BCUT2D eigenvalue weighted by Gasteiger charge is 2.17. The van der Waals surface area contributed by atoms with Crippen LogP contribution < -0.4 is 14.9 Å². The Bertz CT molecular complexity index is 1230. The lowest BCUT2D eigenvalue weighted by molar-refractivity contribution is 0.0959. The quantitative estimate of drug-likeness (QED) is 0.375. The molecule has 0 aliphatic carbocycles. The zero-order chi connectivity index (χ0) is 21.1. The van der Waals surface area contributed by atoms with Gasteiger partial charge in [0.05, 0.1) is 36.7 Å². The fourth-order valence-electron chi connectivity index (χ4n) is 3.06. The van der Waals surface area contributed by atoms with Crippen LogP contribution >= 0.6 is 11.3 Å². The second kappa shape index (κ2) is 8.38. The van der Waals surface area contributed by atoms with Gasteiger partial charge >= 0.3 is 0 Å². The molecule has 1 N–H and O–H groups in total. The average molecular weight is 420 g/mol. The summed E-state index contributed by atoms with van der Waals surface area (Å²) in [6.45, 7) is 1.93. The number of amides is 1. The van der Waals surface area contributed by atoms with Gasteiger partial charge < -0.3 is 9.47 Å². The van der Waals surface area contributed by atoms with E-state index >= 15 is 0 Å². The van der Waals surface area contributed by atoms with Crippen molar-refractivity contribution in [1.82, 2.24) is 15.2 Å². The molecule has 4 rings (SSSR count). The SMILES string of the molecule is COc1ccc(OC)c(C=NNC(=O)c2cc3c(C)nn(-c4ccccc4)c3s2)c1. The normalized spacial score (nSPS) is 11.2. The van der Waals surface area contributed by atoms with E-state index in [4.69, 9.17) is 9.47 Å². The smallest absolute Gasteiger partial charge is 0.281 e. The van der Waals surface area contributed by atoms with Crippen molar-refractivity contribution in [2.45, 2.75) is 6.92 Å². The van der Waals surface area contributed by atoms with E-state index in [-0.39, 0.29) is 5.91 Å². The van der Waals surface area contributed by atoms with Gasteiger partial charge in [-0.15, -0.1) is 11.3 Å². The molecule has 0 unspecified atom stereocenters. The summed E-state index contributed by atoms with van der Waals surface area (Å²) in [4.78, 5) is 14.1. The summed E-state index contributed by atoms with van der Waals surface area (Å²) in [5.74, 6) is 1.02. The van der Waals surface area contributed by atoms with Crippen LogP contribution in [0, 0.1) is 6.92 Å². The van der Waals surface area contributed by atoms with E-state index in [2.05, 4.69) is 15.6 Å². The predicted molar refractivity (Wildman–Crippen MR) is 118 cm³/mol. The lowest BCUT2D eigenvalue weighted by Crippen LogP contribution is -2.16. The van der Waals surface area contributed by atoms with Gasteiger partial charge in [0.25, 0.3) is 5.91 Å². The van der Waals surface area contributed by atoms with Gasteiger partial charge in [0.15, 0.2) is 0 Å². The minimum atomic E-state index is -0.284. The van der Waals surface area contributed by atoms with Gasteiger partial charge in [0.1, 0.15) is 16.3 Å². The Hall–Kier alpha value is -3.65. The third kappa shape index (κ3) is 3.77. The van der Waals surface area contributed by atoms with Crippen LogP contribution in [0.2, 0.25) is 0 Å². The number of benzene rings is 2. The van der Waals surface area contributed by atoms with Crippen molar-refractivity contribution in [2.24, 2.45) is 5.10 Å². The van der Waals surface area contributed by atoms with Crippen LogP contribution in [0.4, 0.5) is 0 Å². The molecule has 0 atom stereocenters. The number of hydrogen-bond acceptors (Lipinski definition) is 6. The third-order valence-electron chi connectivity index (χ3n) is 4.58. The molecule has 0 bridgehead atoms. The summed E-state index contributed by atoms with van der Waals surface area (Å²) in [5, 5.41) is 9.63. The fourth-order valence-corrected chi connectivity index (χ4v) is 4.13. The Balaban J connectivity index is 1.57. The first-order valence-corrected chi connectivity index (χ1v) is 10.0. The van der Waals surface area contributed by atoms with Gasteiger partial charge in [0.2, 0.25) is 0 Å². The minimum Gasteiger partial charge on any atom is -0.497 e. The summed E-state index contributed by atoms with van der Waals surface area (Å²) >= 11 is 1.38. The van der Waals surface area contributed by atoms with Crippen LogP contribution in [0.25, 0.3) is 15.9 Å². The number of aromatic nitrogens is 2. The van der Waals surface area contributed by atoms with Crippen LogP contribution in [0.5, 0.6) is 11.5 Å². The van der Waals surface area contributed by atoms with Gasteiger partial charge in [-0.05, 0) is 43.3 Å². The molecule has 0 saturated heterocycles. The minimum absolute atomic E-state index is 0.284. The molecule has 0 aliphatic heterocycles. The van der Waals surface area contributed by atoms with Crippen LogP contribution in [0.15, 0.2) is 59.7 Å². The molecular weight excluding hydrogens is 400 g/mol. The number of hydrazone groups is 1. The highest BCUT2D eigenvalue weighted by molar-refractivity contribution is 7.20. The summed E-state index contributed by atoms with van der Waals surface area (Å²) in [6.07, 6.45) is 1.53. The van der Waals surface area contributed by atoms with E-state index in [1.54, 1.807) is 32.4 Å². The molecule has 0 fully saturated rings. The van der Waals surface area contributed by atoms with Crippen LogP contribution in [-0.2, 0) is 0 Å². The maximum atomic E-state index is 12.6. The Morgan fingerprint density at radius 1 is 1.13 bits per heavy atom. The summed E-state index contributed by atoms with van der Waals surface area (Å²) in [6, 6.07) is 17.1. The molecule has 0 aliphatic rings. The number of aryl methyl sites for hydroxylation is 1. The zero-order valence-corrected chi connectivity index (χ0v) is 17.6. The van der Waals surface area contributed by atoms with E-state index in [0.29, 0.717) is 21.9 Å². The number of ether oxygens (including phenoxy) is 2. The van der Waals surface area contributed by atoms with Gasteiger partial charge in [0, 0.05) is 10.9 Å². The molecule has 4 aromatic rings. The van der Waals surface area contributed by atoms with Crippen molar-refractivity contribution in [1.29, 1.82) is 0 Å². The first-order chi connectivity index (χ1) is 14.6. The molecule has 1 amide bonds. The van der Waals surface area contributed by atoms with Crippen molar-refractivity contribution in [3.63, 3.8) is 0 Å². The second-order valence-corrected chi connectivity index (χ2v) is 7.50. The molecule has 30 heavy (non-hydrogen) atoms. The van der Waals surface area contributed by atoms with Crippen LogP contribution in [-0.4, -0.2) is 36.1 Å². The molecule has 2 aromatic carbocycles. The molecule has 2 heterocycles. The van der Waals surface area contributed by atoms with Crippen molar-refractivity contribution < 1.29 is 14.3 Å². The Morgan fingerprint density at radius 2 is 1.93 bits per heavy atom. The number of hydrogen-bond donors (Lipinski definition) is 1. The largest absolute Gasteiger partial charge is 0.497 e. The van der Waals surface area contributed by atoms with Gasteiger partial charge in [-0.1, -0.05) is 18.2 Å². The van der Waals surface area contributed by atoms with Crippen molar-refractivity contribution in [3.8, 4) is 17.2 Å². The number of methoxy groups -OCH3 is 2. The molecule has 7 nitrogen and oxygen atoms in total. The number of carbonyl (C=O) groups excluding carboxylic acids is 1. The van der Waals surface area contributed by atoms with Crippen LogP contribution in [0.1, 0.15) is 20.9 Å². The molecule has 0 saturated carbocycles. The number of carbonyl (C=O) groups is 1. The van der Waals surface area contributed by atoms with Gasteiger partial charge in [-0.3, -0.25) is 4.79 Å². The lowest BCUT2D eigenvalue weighted by Gasteiger charge is -2.06. The first kappa shape index (κ1) is 19.7. The van der Waals surface area contributed by atoms with E-state index in [9.17, 15) is 4.79 Å². The standard InChI is InChI=1S/C22H20N4O3S/c1-14-18-12-20(30-22(18)26(25-14)16-7-5-4-6-8-16)21(27)24-23-13-15-11-17(28-2)9-10-19(15)29-3/h4-13H,1-3H3,(H,24,27). The van der Waals surface area contributed by atoms with Crippen molar-refractivity contribution >= 4 is 33.7 Å². The van der Waals surface area contributed by atoms with E-state index in [1.807, 2.05) is 48.0 Å². The topological polar surface area (TPSA) is 77.7 Å². The molecule has 0 spiro atoms. The monoisotopic (exact) mass is 420 g/mol. The number of fused-ring (bicyclic) bond motifs is 1. The number of rotatable bonds is 6. The van der Waals surface area contributed by atoms with Gasteiger partial charge in [-0.25, -0.2) is 10.1 Å². The molecule has 0 radical (unpaired) electrons. The van der Waals surface area contributed by atoms with Crippen molar-refractivity contribution in [3.05, 3.63) is 70.7 Å². The van der Waals surface area contributed by atoms with E-state index in [0.717, 1.165) is 21.6 Å². The Kier molecular flexibility index (Phi) is 5.49. The lowest BCUT2D eigenvalue weighted by atomic mass is 10.2. The average Bonchev–Trinajstić information content (AvgIpc) is 3.35. The summed E-state index contributed by atoms with van der Waals surface area (Å²) in [5.41, 5.74) is 5.10. The molecule has 8 heteroatoms. The summed E-state index contributed by atoms with van der Waals surface area (Å²) < 4.78 is 12.4. The number of nitrogens with one attached hydrogen (secondary N) is 1. The van der Waals surface area contributed by atoms with E-state index < -0.39 is 0 Å². The van der Waals surface area contributed by atoms with E-state index in [1.165, 1.54) is 17.6 Å². The third-order valence-corrected chi connectivity index (χ3v) is 5.69. The number of thiophene rings is 1. The summed E-state index contributed by atoms with van der Waals surface area (Å²) in [7, 11) is 3.16.